The standard InChI is InChI=1S/C15H9F5NO/c16-12-6-5-11(14(17)7-12)9-22-21-8-10-3-1-2-4-13(10)15(18,19)20/h1-7H,9H2. The van der Waals surface area contributed by atoms with Crippen LogP contribution in [0.3, 0.4) is 0 Å². The van der Waals surface area contributed by atoms with Crippen molar-refractivity contribution in [3.8, 4) is 0 Å². The second kappa shape index (κ2) is 6.55. The largest absolute Gasteiger partial charge is 0.417 e. The van der Waals surface area contributed by atoms with Gasteiger partial charge in [0.15, 0.2) is 0 Å². The lowest BCUT2D eigenvalue weighted by Gasteiger charge is -2.08. The molecule has 2 nitrogen and oxygen atoms in total. The zero-order valence-electron chi connectivity index (χ0n) is 11.0. The molecular formula is C15H9F5NO. The molecule has 2 rings (SSSR count). The van der Waals surface area contributed by atoms with E-state index in [1.807, 2.05) is 0 Å². The Hall–Kier alpha value is -2.44. The van der Waals surface area contributed by atoms with Crippen molar-refractivity contribution in [1.82, 2.24) is 0 Å². The molecule has 0 aliphatic carbocycles. The zero-order chi connectivity index (χ0) is 16.2. The van der Waals surface area contributed by atoms with Gasteiger partial charge in [-0.05, 0) is 18.2 Å². The Morgan fingerprint density at radius 3 is 2.45 bits per heavy atom. The fraction of sp³-hybridized carbons (Fsp3) is 0.133. The summed E-state index contributed by atoms with van der Waals surface area (Å²) < 4.78 is 64.1. The maximum Gasteiger partial charge on any atom is 0.417 e. The van der Waals surface area contributed by atoms with Crippen LogP contribution >= 0.6 is 0 Å². The van der Waals surface area contributed by atoms with Crippen LogP contribution in [0.2, 0.25) is 0 Å². The van der Waals surface area contributed by atoms with E-state index >= 15 is 0 Å². The summed E-state index contributed by atoms with van der Waals surface area (Å²) in [4.78, 5) is 4.70. The average Bonchev–Trinajstić information content (AvgIpc) is 2.45. The lowest BCUT2D eigenvalue weighted by atomic mass is 10.1. The van der Waals surface area contributed by atoms with Crippen LogP contribution in [0.1, 0.15) is 16.7 Å². The highest BCUT2D eigenvalue weighted by molar-refractivity contribution is 5.81. The minimum atomic E-state index is -4.54. The Kier molecular flexibility index (Phi) is 4.75. The molecule has 2 aromatic carbocycles. The summed E-state index contributed by atoms with van der Waals surface area (Å²) in [6, 6.07) is 7.56. The van der Waals surface area contributed by atoms with Gasteiger partial charge in [0, 0.05) is 17.2 Å². The predicted octanol–water partition coefficient (Wildman–Crippen LogP) is 4.41. The molecule has 7 heteroatoms. The number of hydrogen-bond acceptors (Lipinski definition) is 2. The third-order valence-corrected chi connectivity index (χ3v) is 2.70. The Bertz CT molecular complexity index is 682. The fourth-order valence-corrected chi connectivity index (χ4v) is 1.65. The van der Waals surface area contributed by atoms with Crippen molar-refractivity contribution < 1.29 is 26.8 Å². The summed E-state index contributed by atoms with van der Waals surface area (Å²) in [5.41, 5.74) is -1.18. The smallest absolute Gasteiger partial charge is 0.390 e. The number of rotatable bonds is 4. The lowest BCUT2D eigenvalue weighted by Crippen LogP contribution is -2.08. The predicted molar refractivity (Wildman–Crippen MR) is 69.1 cm³/mol. The Balaban J connectivity index is 2.05. The summed E-state index contributed by atoms with van der Waals surface area (Å²) >= 11 is 0. The van der Waals surface area contributed by atoms with Crippen LogP contribution in [0.15, 0.2) is 47.6 Å². The molecule has 0 aliphatic rings. The SMILES string of the molecule is Fc1ccc(CO/N=[C]\c2ccccc2C(F)(F)F)c(F)c1. The molecule has 0 unspecified atom stereocenters. The molecule has 0 heterocycles. The van der Waals surface area contributed by atoms with Gasteiger partial charge in [-0.2, -0.15) is 13.2 Å². The molecule has 2 aromatic rings. The second-order valence-electron chi connectivity index (χ2n) is 4.26. The molecule has 0 amide bonds. The van der Waals surface area contributed by atoms with E-state index in [-0.39, 0.29) is 17.7 Å². The van der Waals surface area contributed by atoms with Gasteiger partial charge in [-0.15, -0.1) is 0 Å². The first kappa shape index (κ1) is 15.9. The van der Waals surface area contributed by atoms with Crippen molar-refractivity contribution in [2.45, 2.75) is 12.8 Å². The summed E-state index contributed by atoms with van der Waals surface area (Å²) in [5, 5.41) is 3.26. The average molecular weight is 314 g/mol. The van der Waals surface area contributed by atoms with E-state index in [2.05, 4.69) is 11.4 Å². The van der Waals surface area contributed by atoms with Crippen LogP contribution in [0.4, 0.5) is 22.0 Å². The van der Waals surface area contributed by atoms with Crippen LogP contribution in [-0.4, -0.2) is 6.21 Å². The number of benzene rings is 2. The minimum absolute atomic E-state index is 0.0241. The van der Waals surface area contributed by atoms with Crippen LogP contribution in [-0.2, 0) is 17.6 Å². The minimum Gasteiger partial charge on any atom is -0.390 e. The van der Waals surface area contributed by atoms with Gasteiger partial charge < -0.3 is 4.84 Å². The van der Waals surface area contributed by atoms with Crippen molar-refractivity contribution in [3.63, 3.8) is 0 Å². The molecule has 0 N–H and O–H groups in total. The van der Waals surface area contributed by atoms with E-state index in [1.165, 1.54) is 18.2 Å². The molecule has 115 valence electrons. The van der Waals surface area contributed by atoms with E-state index in [9.17, 15) is 22.0 Å². The van der Waals surface area contributed by atoms with E-state index in [0.717, 1.165) is 18.2 Å². The molecule has 0 aromatic heterocycles. The van der Waals surface area contributed by atoms with Crippen molar-refractivity contribution in [2.24, 2.45) is 5.16 Å². The van der Waals surface area contributed by atoms with Crippen LogP contribution in [0.5, 0.6) is 0 Å². The molecule has 0 saturated heterocycles. The number of hydrogen-bond donors (Lipinski definition) is 0. The van der Waals surface area contributed by atoms with Gasteiger partial charge in [0.1, 0.15) is 24.5 Å². The van der Waals surface area contributed by atoms with Crippen LogP contribution in [0, 0.1) is 11.6 Å². The monoisotopic (exact) mass is 314 g/mol. The lowest BCUT2D eigenvalue weighted by molar-refractivity contribution is -0.137. The third-order valence-electron chi connectivity index (χ3n) is 2.70. The van der Waals surface area contributed by atoms with Crippen molar-refractivity contribution in [2.75, 3.05) is 0 Å². The van der Waals surface area contributed by atoms with Crippen molar-refractivity contribution in [3.05, 3.63) is 70.8 Å². The van der Waals surface area contributed by atoms with Gasteiger partial charge in [0.05, 0.1) is 5.56 Å². The highest BCUT2D eigenvalue weighted by Crippen LogP contribution is 2.31. The maximum atomic E-state index is 13.3. The maximum absolute atomic E-state index is 13.3. The van der Waals surface area contributed by atoms with Crippen molar-refractivity contribution >= 4 is 6.21 Å². The molecule has 0 atom stereocenters. The van der Waals surface area contributed by atoms with E-state index in [0.29, 0.717) is 6.07 Å². The van der Waals surface area contributed by atoms with Gasteiger partial charge in [0.2, 0.25) is 0 Å². The Labute approximate surface area is 122 Å². The first-order valence-electron chi connectivity index (χ1n) is 6.06. The van der Waals surface area contributed by atoms with Gasteiger partial charge >= 0.3 is 6.18 Å². The highest BCUT2D eigenvalue weighted by Gasteiger charge is 2.32. The van der Waals surface area contributed by atoms with Crippen molar-refractivity contribution in [1.29, 1.82) is 0 Å². The first-order chi connectivity index (χ1) is 10.4. The van der Waals surface area contributed by atoms with E-state index in [1.54, 1.807) is 0 Å². The normalized spacial score (nSPS) is 11.9. The highest BCUT2D eigenvalue weighted by atomic mass is 19.4. The first-order valence-corrected chi connectivity index (χ1v) is 6.06. The molecule has 0 saturated carbocycles. The van der Waals surface area contributed by atoms with Gasteiger partial charge in [-0.3, -0.25) is 0 Å². The molecule has 0 bridgehead atoms. The molecule has 0 fully saturated rings. The Morgan fingerprint density at radius 2 is 1.77 bits per heavy atom. The van der Waals surface area contributed by atoms with Gasteiger partial charge in [-0.25, -0.2) is 8.78 Å². The fourth-order valence-electron chi connectivity index (χ4n) is 1.65. The molecular weight excluding hydrogens is 305 g/mol. The Morgan fingerprint density at radius 1 is 1.05 bits per heavy atom. The quantitative estimate of drug-likeness (QED) is 0.465. The van der Waals surface area contributed by atoms with E-state index in [4.69, 9.17) is 4.84 Å². The topological polar surface area (TPSA) is 21.6 Å². The summed E-state index contributed by atoms with van der Waals surface area (Å²) in [6.07, 6.45) is -2.43. The van der Waals surface area contributed by atoms with Crippen LogP contribution < -0.4 is 0 Å². The summed E-state index contributed by atoms with van der Waals surface area (Å²) in [6.45, 7) is -0.354. The summed E-state index contributed by atoms with van der Waals surface area (Å²) in [5.74, 6) is -1.57. The van der Waals surface area contributed by atoms with E-state index < -0.39 is 23.4 Å². The van der Waals surface area contributed by atoms with Gasteiger partial charge in [0.25, 0.3) is 0 Å². The third kappa shape index (κ3) is 4.03. The molecule has 1 radical (unpaired) electrons. The number of nitrogens with zero attached hydrogens (tertiary/aromatic N) is 1. The number of alkyl halides is 3. The molecule has 0 aliphatic heterocycles. The molecule has 0 spiro atoms. The van der Waals surface area contributed by atoms with Crippen LogP contribution in [0.25, 0.3) is 0 Å². The van der Waals surface area contributed by atoms with Gasteiger partial charge in [-0.1, -0.05) is 23.4 Å². The zero-order valence-corrected chi connectivity index (χ0v) is 11.0. The summed E-state index contributed by atoms with van der Waals surface area (Å²) in [7, 11) is 0. The number of halogens is 5. The second-order valence-corrected chi connectivity index (χ2v) is 4.26. The molecule has 22 heavy (non-hydrogen) atoms.